The first kappa shape index (κ1) is 11.2. The molecule has 90 valence electrons. The van der Waals surface area contributed by atoms with E-state index in [1.807, 2.05) is 6.08 Å². The lowest BCUT2D eigenvalue weighted by Crippen LogP contribution is -2.45. The molecule has 0 aromatic carbocycles. The highest BCUT2D eigenvalue weighted by Gasteiger charge is 2.64. The van der Waals surface area contributed by atoms with Gasteiger partial charge in [0.05, 0.1) is 6.42 Å². The Kier molecular flexibility index (Phi) is 2.18. The first-order chi connectivity index (χ1) is 7.96. The average Bonchev–Trinajstić information content (AvgIpc) is 2.65. The van der Waals surface area contributed by atoms with Gasteiger partial charge in [0.2, 0.25) is 5.78 Å². The van der Waals surface area contributed by atoms with E-state index in [-0.39, 0.29) is 23.6 Å². The fourth-order valence-corrected chi connectivity index (χ4v) is 4.51. The van der Waals surface area contributed by atoms with Crippen molar-refractivity contribution < 1.29 is 14.3 Å². The minimum atomic E-state index is -0.978. The maximum atomic E-state index is 12.4. The Balaban J connectivity index is 2.24. The molecule has 0 N–H and O–H groups in total. The molecule has 0 aromatic rings. The summed E-state index contributed by atoms with van der Waals surface area (Å²) in [6, 6.07) is 0. The zero-order valence-corrected chi connectivity index (χ0v) is 11.3. The number of ketones is 1. The van der Waals surface area contributed by atoms with Gasteiger partial charge in [-0.15, -0.1) is 0 Å². The number of esters is 1. The van der Waals surface area contributed by atoms with E-state index in [0.29, 0.717) is 12.0 Å². The monoisotopic (exact) mass is 296 g/mol. The first-order valence-corrected chi connectivity index (χ1v) is 6.61. The predicted molar refractivity (Wildman–Crippen MR) is 65.4 cm³/mol. The smallest absolute Gasteiger partial charge is 0.307 e. The van der Waals surface area contributed by atoms with Gasteiger partial charge >= 0.3 is 5.97 Å². The SMILES string of the molecule is CC1=CC(Br)=C2[C@H](C)C[C@@H]3CC(=O)O[C@]23C1=O. The summed E-state index contributed by atoms with van der Waals surface area (Å²) in [6.07, 6.45) is 3.06. The van der Waals surface area contributed by atoms with Crippen LogP contribution in [0.15, 0.2) is 21.7 Å². The van der Waals surface area contributed by atoms with Crippen molar-refractivity contribution in [2.75, 3.05) is 0 Å². The van der Waals surface area contributed by atoms with Crippen LogP contribution in [0.1, 0.15) is 26.7 Å². The molecule has 0 amide bonds. The molecule has 3 nitrogen and oxygen atoms in total. The maximum absolute atomic E-state index is 12.4. The minimum absolute atomic E-state index is 0.0173. The first-order valence-electron chi connectivity index (χ1n) is 5.82. The zero-order valence-electron chi connectivity index (χ0n) is 9.75. The van der Waals surface area contributed by atoms with Crippen LogP contribution in [0.5, 0.6) is 0 Å². The second-order valence-electron chi connectivity index (χ2n) is 5.17. The van der Waals surface area contributed by atoms with Crippen LogP contribution < -0.4 is 0 Å². The average molecular weight is 297 g/mol. The topological polar surface area (TPSA) is 43.4 Å². The lowest BCUT2D eigenvalue weighted by atomic mass is 9.78. The number of ether oxygens (including phenoxy) is 1. The fourth-order valence-electron chi connectivity index (χ4n) is 3.48. The normalized spacial score (nSPS) is 40.1. The summed E-state index contributed by atoms with van der Waals surface area (Å²) in [5.41, 5.74) is 0.645. The zero-order chi connectivity index (χ0) is 12.4. The number of hydrogen-bond acceptors (Lipinski definition) is 3. The Morgan fingerprint density at radius 2 is 2.18 bits per heavy atom. The maximum Gasteiger partial charge on any atom is 0.307 e. The van der Waals surface area contributed by atoms with Gasteiger partial charge in [0.1, 0.15) is 0 Å². The third-order valence-corrected chi connectivity index (χ3v) is 4.75. The molecule has 3 atom stereocenters. The van der Waals surface area contributed by atoms with E-state index in [4.69, 9.17) is 4.74 Å². The van der Waals surface area contributed by atoms with Gasteiger partial charge < -0.3 is 4.74 Å². The van der Waals surface area contributed by atoms with Gasteiger partial charge in [0.25, 0.3) is 0 Å². The van der Waals surface area contributed by atoms with E-state index < -0.39 is 5.60 Å². The second-order valence-corrected chi connectivity index (χ2v) is 6.02. The van der Waals surface area contributed by atoms with Crippen molar-refractivity contribution in [1.82, 2.24) is 0 Å². The Morgan fingerprint density at radius 1 is 1.47 bits per heavy atom. The van der Waals surface area contributed by atoms with Crippen LogP contribution in [0, 0.1) is 11.8 Å². The van der Waals surface area contributed by atoms with E-state index in [2.05, 4.69) is 22.9 Å². The molecule has 0 unspecified atom stereocenters. The summed E-state index contributed by atoms with van der Waals surface area (Å²) in [4.78, 5) is 24.0. The molecule has 4 heteroatoms. The number of halogens is 1. The van der Waals surface area contributed by atoms with Gasteiger partial charge in [-0.05, 0) is 36.5 Å². The van der Waals surface area contributed by atoms with Crippen molar-refractivity contribution in [2.45, 2.75) is 32.3 Å². The van der Waals surface area contributed by atoms with E-state index in [0.717, 1.165) is 16.5 Å². The number of allylic oxidation sites excluding steroid dienone is 2. The summed E-state index contributed by atoms with van der Waals surface area (Å²) in [5.74, 6) is 0.0260. The van der Waals surface area contributed by atoms with Gasteiger partial charge in [-0.3, -0.25) is 9.59 Å². The molecule has 1 saturated heterocycles. The summed E-state index contributed by atoms with van der Waals surface area (Å²) >= 11 is 3.51. The summed E-state index contributed by atoms with van der Waals surface area (Å²) in [7, 11) is 0. The lowest BCUT2D eigenvalue weighted by molar-refractivity contribution is -0.153. The number of Topliss-reactive ketones (excluding diaryl/α,β-unsaturated/α-hetero) is 1. The number of hydrogen-bond donors (Lipinski definition) is 0. The van der Waals surface area contributed by atoms with Crippen molar-refractivity contribution in [3.63, 3.8) is 0 Å². The van der Waals surface area contributed by atoms with Crippen LogP contribution >= 0.6 is 15.9 Å². The molecule has 1 heterocycles. The van der Waals surface area contributed by atoms with Gasteiger partial charge in [-0.2, -0.15) is 0 Å². The molecular formula is C13H13BrO3. The predicted octanol–water partition coefficient (Wildman–Crippen LogP) is 2.51. The van der Waals surface area contributed by atoms with Crippen LogP contribution in [0.3, 0.4) is 0 Å². The Bertz CT molecular complexity index is 503. The van der Waals surface area contributed by atoms with Crippen LogP contribution in [0.2, 0.25) is 0 Å². The highest BCUT2D eigenvalue weighted by atomic mass is 79.9. The molecule has 0 aromatic heterocycles. The van der Waals surface area contributed by atoms with Crippen LogP contribution in [0.25, 0.3) is 0 Å². The number of carbonyl (C=O) groups excluding carboxylic acids is 2. The second kappa shape index (κ2) is 3.31. The number of rotatable bonds is 0. The largest absolute Gasteiger partial charge is 0.446 e. The number of carbonyl (C=O) groups is 2. The quantitative estimate of drug-likeness (QED) is 0.645. The molecule has 0 radical (unpaired) electrons. The summed E-state index contributed by atoms with van der Waals surface area (Å²) < 4.78 is 6.40. The molecule has 3 aliphatic rings. The molecule has 17 heavy (non-hydrogen) atoms. The standard InChI is InChI=1S/C13H13BrO3/c1-6-3-8-5-10(15)17-13(8)11(6)9(14)4-7(2)12(13)16/h4,6,8H,3,5H2,1-2H3/t6-,8-,13+/m1/s1. The third-order valence-electron chi connectivity index (χ3n) is 4.09. The third kappa shape index (κ3) is 1.22. The molecule has 2 fully saturated rings. The molecule has 1 aliphatic heterocycles. The van der Waals surface area contributed by atoms with E-state index in [1.165, 1.54) is 0 Å². The lowest BCUT2D eigenvalue weighted by Gasteiger charge is -2.32. The Labute approximate surface area is 108 Å². The summed E-state index contributed by atoms with van der Waals surface area (Å²) in [5, 5.41) is 0. The Morgan fingerprint density at radius 3 is 2.88 bits per heavy atom. The van der Waals surface area contributed by atoms with Crippen molar-refractivity contribution in [3.8, 4) is 0 Å². The van der Waals surface area contributed by atoms with Gasteiger partial charge in [0, 0.05) is 10.4 Å². The van der Waals surface area contributed by atoms with Crippen molar-refractivity contribution in [2.24, 2.45) is 11.8 Å². The Hall–Kier alpha value is -0.900. The van der Waals surface area contributed by atoms with Crippen molar-refractivity contribution >= 4 is 27.7 Å². The minimum Gasteiger partial charge on any atom is -0.446 e. The summed E-state index contributed by atoms with van der Waals surface area (Å²) in [6.45, 7) is 3.87. The molecule has 3 rings (SSSR count). The molecule has 1 saturated carbocycles. The van der Waals surface area contributed by atoms with E-state index >= 15 is 0 Å². The van der Waals surface area contributed by atoms with Crippen molar-refractivity contribution in [1.29, 1.82) is 0 Å². The van der Waals surface area contributed by atoms with E-state index in [9.17, 15) is 9.59 Å². The van der Waals surface area contributed by atoms with Gasteiger partial charge in [-0.25, -0.2) is 0 Å². The highest BCUT2D eigenvalue weighted by Crippen LogP contribution is 2.56. The molecule has 0 bridgehead atoms. The fraction of sp³-hybridized carbons (Fsp3) is 0.538. The molecular weight excluding hydrogens is 284 g/mol. The molecule has 2 aliphatic carbocycles. The van der Waals surface area contributed by atoms with Gasteiger partial charge in [0.15, 0.2) is 5.60 Å². The highest BCUT2D eigenvalue weighted by molar-refractivity contribution is 9.11. The van der Waals surface area contributed by atoms with E-state index in [1.54, 1.807) is 6.92 Å². The molecule has 1 spiro atoms. The van der Waals surface area contributed by atoms with Crippen molar-refractivity contribution in [3.05, 3.63) is 21.7 Å². The van der Waals surface area contributed by atoms with Crippen LogP contribution in [0.4, 0.5) is 0 Å². The van der Waals surface area contributed by atoms with Crippen LogP contribution in [-0.2, 0) is 14.3 Å². The van der Waals surface area contributed by atoms with Crippen LogP contribution in [-0.4, -0.2) is 17.4 Å². The van der Waals surface area contributed by atoms with Gasteiger partial charge in [-0.1, -0.05) is 22.9 Å².